The zero-order valence-corrected chi connectivity index (χ0v) is 22.3. The molecule has 0 atom stereocenters. The Morgan fingerprint density at radius 3 is 2.32 bits per heavy atom. The Bertz CT molecular complexity index is 1330. The van der Waals surface area contributed by atoms with Crippen LogP contribution in [-0.2, 0) is 9.53 Å². The number of hydrogen-bond donors (Lipinski definition) is 1. The van der Waals surface area contributed by atoms with Gasteiger partial charge >= 0.3 is 6.09 Å². The molecule has 0 aliphatic carbocycles. The molecule has 7 heteroatoms. The Morgan fingerprint density at radius 2 is 1.62 bits per heavy atom. The molecule has 6 nitrogen and oxygen atoms in total. The summed E-state index contributed by atoms with van der Waals surface area (Å²) < 4.78 is 11.0. The predicted octanol–water partition coefficient (Wildman–Crippen LogP) is 7.05. The summed E-state index contributed by atoms with van der Waals surface area (Å²) in [5, 5.41) is 3.45. The number of benzene rings is 3. The summed E-state index contributed by atoms with van der Waals surface area (Å²) in [7, 11) is 1.52. The van der Waals surface area contributed by atoms with E-state index in [0.717, 1.165) is 22.3 Å². The van der Waals surface area contributed by atoms with Crippen LogP contribution in [0.1, 0.15) is 32.8 Å². The predicted molar refractivity (Wildman–Crippen MR) is 148 cm³/mol. The minimum absolute atomic E-state index is 0.127. The SMILES string of the molecule is COc1cc(Cl)ccc1NC(=O)C1=C(c2cccc(-c3ccccc3)c2)CCN(C(=O)OC(C)(C)C)C1. The van der Waals surface area contributed by atoms with Crippen LogP contribution in [0.3, 0.4) is 0 Å². The first-order chi connectivity index (χ1) is 17.6. The number of methoxy groups -OCH3 is 1. The molecular weight excluding hydrogens is 488 g/mol. The summed E-state index contributed by atoms with van der Waals surface area (Å²) in [4.78, 5) is 28.1. The van der Waals surface area contributed by atoms with Gasteiger partial charge in [-0.2, -0.15) is 0 Å². The molecule has 0 saturated carbocycles. The van der Waals surface area contributed by atoms with Crippen molar-refractivity contribution in [2.75, 3.05) is 25.5 Å². The van der Waals surface area contributed by atoms with Crippen LogP contribution in [0, 0.1) is 0 Å². The summed E-state index contributed by atoms with van der Waals surface area (Å²) in [5.74, 6) is 0.142. The van der Waals surface area contributed by atoms with Crippen LogP contribution < -0.4 is 10.1 Å². The minimum Gasteiger partial charge on any atom is -0.495 e. The lowest BCUT2D eigenvalue weighted by molar-refractivity contribution is -0.113. The van der Waals surface area contributed by atoms with Crippen molar-refractivity contribution >= 4 is 34.9 Å². The lowest BCUT2D eigenvalue weighted by Gasteiger charge is -2.32. The van der Waals surface area contributed by atoms with E-state index in [2.05, 4.69) is 23.5 Å². The first kappa shape index (κ1) is 26.3. The van der Waals surface area contributed by atoms with Crippen LogP contribution in [0.25, 0.3) is 16.7 Å². The van der Waals surface area contributed by atoms with Gasteiger partial charge in [0.15, 0.2) is 0 Å². The molecule has 0 saturated heterocycles. The average molecular weight is 519 g/mol. The number of anilines is 1. The second-order valence-electron chi connectivity index (χ2n) is 9.85. The molecule has 1 N–H and O–H groups in total. The molecule has 1 aliphatic heterocycles. The molecule has 37 heavy (non-hydrogen) atoms. The zero-order valence-electron chi connectivity index (χ0n) is 21.5. The van der Waals surface area contributed by atoms with Crippen molar-refractivity contribution in [1.29, 1.82) is 0 Å². The van der Waals surface area contributed by atoms with Gasteiger partial charge in [-0.15, -0.1) is 0 Å². The number of carbonyl (C=O) groups excluding carboxylic acids is 2. The van der Waals surface area contributed by atoms with Gasteiger partial charge in [-0.25, -0.2) is 4.79 Å². The summed E-state index contributed by atoms with van der Waals surface area (Å²) in [6.07, 6.45) is 0.0665. The zero-order chi connectivity index (χ0) is 26.6. The highest BCUT2D eigenvalue weighted by Gasteiger charge is 2.30. The first-order valence-corrected chi connectivity index (χ1v) is 12.5. The highest BCUT2D eigenvalue weighted by Crippen LogP contribution is 2.33. The van der Waals surface area contributed by atoms with Crippen molar-refractivity contribution in [3.05, 3.63) is 89.0 Å². The van der Waals surface area contributed by atoms with Gasteiger partial charge in [0.25, 0.3) is 5.91 Å². The average Bonchev–Trinajstić information content (AvgIpc) is 2.89. The Morgan fingerprint density at radius 1 is 0.919 bits per heavy atom. The summed E-state index contributed by atoms with van der Waals surface area (Å²) >= 11 is 6.10. The highest BCUT2D eigenvalue weighted by molar-refractivity contribution is 6.30. The molecule has 4 rings (SSSR count). The molecule has 0 spiro atoms. The molecule has 2 amide bonds. The fraction of sp³-hybridized carbons (Fsp3) is 0.267. The van der Waals surface area contributed by atoms with E-state index in [1.807, 2.05) is 57.2 Å². The maximum atomic E-state index is 13.7. The summed E-state index contributed by atoms with van der Waals surface area (Å²) in [6.45, 7) is 6.05. The molecule has 0 fully saturated rings. The Hall–Kier alpha value is -3.77. The van der Waals surface area contributed by atoms with Crippen LogP contribution in [0.2, 0.25) is 5.02 Å². The number of amides is 2. The largest absolute Gasteiger partial charge is 0.495 e. The highest BCUT2D eigenvalue weighted by atomic mass is 35.5. The van der Waals surface area contributed by atoms with Crippen LogP contribution in [0.5, 0.6) is 5.75 Å². The normalized spacial score (nSPS) is 13.8. The topological polar surface area (TPSA) is 67.9 Å². The third kappa shape index (κ3) is 6.52. The number of nitrogens with one attached hydrogen (secondary N) is 1. The van der Waals surface area contributed by atoms with E-state index in [0.29, 0.717) is 35.0 Å². The third-order valence-electron chi connectivity index (χ3n) is 6.00. The first-order valence-electron chi connectivity index (χ1n) is 12.2. The van der Waals surface area contributed by atoms with E-state index in [4.69, 9.17) is 21.1 Å². The molecule has 0 bridgehead atoms. The fourth-order valence-corrected chi connectivity index (χ4v) is 4.42. The maximum absolute atomic E-state index is 13.7. The molecule has 1 aliphatic rings. The second-order valence-corrected chi connectivity index (χ2v) is 10.3. The molecule has 192 valence electrons. The van der Waals surface area contributed by atoms with Crippen molar-refractivity contribution in [1.82, 2.24) is 4.90 Å². The van der Waals surface area contributed by atoms with Crippen LogP contribution >= 0.6 is 11.6 Å². The van der Waals surface area contributed by atoms with Crippen LogP contribution in [0.4, 0.5) is 10.5 Å². The van der Waals surface area contributed by atoms with Gasteiger partial charge in [-0.1, -0.05) is 60.1 Å². The number of rotatable bonds is 5. The molecule has 1 heterocycles. The van der Waals surface area contributed by atoms with E-state index in [1.54, 1.807) is 23.1 Å². The number of carbonyl (C=O) groups is 2. The van der Waals surface area contributed by atoms with Crippen molar-refractivity contribution in [3.63, 3.8) is 0 Å². The van der Waals surface area contributed by atoms with E-state index in [-0.39, 0.29) is 12.5 Å². The number of halogens is 1. The lowest BCUT2D eigenvalue weighted by Crippen LogP contribution is -2.42. The third-order valence-corrected chi connectivity index (χ3v) is 6.24. The molecular formula is C30H31ClN2O4. The summed E-state index contributed by atoms with van der Waals surface area (Å²) in [5.41, 5.74) is 4.34. The van der Waals surface area contributed by atoms with E-state index in [1.165, 1.54) is 7.11 Å². The van der Waals surface area contributed by atoms with Crippen molar-refractivity contribution in [2.45, 2.75) is 32.8 Å². The van der Waals surface area contributed by atoms with E-state index >= 15 is 0 Å². The van der Waals surface area contributed by atoms with Gasteiger partial charge in [0.2, 0.25) is 0 Å². The van der Waals surface area contributed by atoms with Gasteiger partial charge in [-0.05, 0) is 67.7 Å². The Kier molecular flexibility index (Phi) is 7.89. The van der Waals surface area contributed by atoms with Gasteiger partial charge < -0.3 is 19.7 Å². The monoisotopic (exact) mass is 518 g/mol. The number of nitrogens with zero attached hydrogens (tertiary/aromatic N) is 1. The van der Waals surface area contributed by atoms with Gasteiger partial charge in [0.05, 0.1) is 19.3 Å². The van der Waals surface area contributed by atoms with Crippen LogP contribution in [-0.4, -0.2) is 42.7 Å². The van der Waals surface area contributed by atoms with Crippen molar-refractivity contribution in [2.24, 2.45) is 0 Å². The van der Waals surface area contributed by atoms with Gasteiger partial charge in [0, 0.05) is 23.2 Å². The minimum atomic E-state index is -0.635. The van der Waals surface area contributed by atoms with E-state index < -0.39 is 11.7 Å². The quantitative estimate of drug-likeness (QED) is 0.393. The molecule has 0 aromatic heterocycles. The Labute approximate surface area is 222 Å². The van der Waals surface area contributed by atoms with Crippen molar-refractivity contribution < 1.29 is 19.1 Å². The summed E-state index contributed by atoms with van der Waals surface area (Å²) in [6, 6.07) is 23.2. The molecule has 0 radical (unpaired) electrons. The van der Waals surface area contributed by atoms with Gasteiger partial charge in [-0.3, -0.25) is 4.79 Å². The smallest absolute Gasteiger partial charge is 0.410 e. The number of ether oxygens (including phenoxy) is 2. The van der Waals surface area contributed by atoms with Crippen molar-refractivity contribution in [3.8, 4) is 16.9 Å². The molecule has 3 aromatic carbocycles. The molecule has 0 unspecified atom stereocenters. The number of hydrogen-bond acceptors (Lipinski definition) is 4. The lowest BCUT2D eigenvalue weighted by atomic mass is 9.91. The second kappa shape index (κ2) is 11.1. The maximum Gasteiger partial charge on any atom is 0.410 e. The fourth-order valence-electron chi connectivity index (χ4n) is 4.26. The van der Waals surface area contributed by atoms with E-state index in [9.17, 15) is 9.59 Å². The van der Waals surface area contributed by atoms with Gasteiger partial charge in [0.1, 0.15) is 11.4 Å². The molecule has 3 aromatic rings. The Balaban J connectivity index is 1.72. The standard InChI is InChI=1S/C30H31ClN2O4/c1-30(2,3)37-29(35)33-16-15-24(22-12-8-11-21(17-22)20-9-6-5-7-10-20)25(19-33)28(34)32-26-14-13-23(31)18-27(26)36-4/h5-14,17-18H,15-16,19H2,1-4H3,(H,32,34). The van der Waals surface area contributed by atoms with Crippen LogP contribution in [0.15, 0.2) is 78.4 Å².